The second-order valence-electron chi connectivity index (χ2n) is 8.55. The number of nitrogens with zero attached hydrogens (tertiary/aromatic N) is 2. The van der Waals surface area contributed by atoms with Crippen molar-refractivity contribution >= 4 is 34.3 Å². The number of amides is 1. The summed E-state index contributed by atoms with van der Waals surface area (Å²) < 4.78 is 11.9. The van der Waals surface area contributed by atoms with Crippen molar-refractivity contribution in [2.75, 3.05) is 25.2 Å². The van der Waals surface area contributed by atoms with Crippen LogP contribution in [-0.2, 0) is 0 Å². The Bertz CT molecular complexity index is 1380. The molecule has 2 aromatic heterocycles. The number of aromatic nitrogens is 3. The fourth-order valence-corrected chi connectivity index (χ4v) is 4.44. The van der Waals surface area contributed by atoms with Gasteiger partial charge in [0.1, 0.15) is 17.5 Å². The fraction of sp³-hybridized carbons (Fsp3) is 0.269. The minimum Gasteiger partial charge on any atom is -0.495 e. The fourth-order valence-electron chi connectivity index (χ4n) is 4.44. The molecule has 0 spiro atoms. The van der Waals surface area contributed by atoms with Gasteiger partial charge in [-0.15, -0.1) is 0 Å². The Morgan fingerprint density at radius 2 is 1.97 bits per heavy atom. The van der Waals surface area contributed by atoms with E-state index >= 15 is 0 Å². The van der Waals surface area contributed by atoms with Crippen LogP contribution in [0.5, 0.6) is 11.6 Å². The first-order valence-corrected chi connectivity index (χ1v) is 11.6. The molecule has 2 heterocycles. The molecular weight excluding hydrogens is 444 g/mol. The van der Waals surface area contributed by atoms with Crippen LogP contribution >= 0.6 is 0 Å². The van der Waals surface area contributed by atoms with Gasteiger partial charge in [0.2, 0.25) is 11.8 Å². The van der Waals surface area contributed by atoms with Crippen molar-refractivity contribution in [1.29, 1.82) is 0 Å². The molecule has 0 atom stereocenters. The molecule has 0 bridgehead atoms. The third-order valence-corrected chi connectivity index (χ3v) is 6.21. The van der Waals surface area contributed by atoms with Crippen LogP contribution in [0.2, 0.25) is 0 Å². The molecule has 5 N–H and O–H groups in total. The summed E-state index contributed by atoms with van der Waals surface area (Å²) in [6, 6.07) is 12.9. The van der Waals surface area contributed by atoms with Gasteiger partial charge >= 0.3 is 0 Å². The highest BCUT2D eigenvalue weighted by molar-refractivity contribution is 5.98. The molecule has 0 saturated heterocycles. The zero-order chi connectivity index (χ0) is 24.4. The van der Waals surface area contributed by atoms with Gasteiger partial charge in [-0.3, -0.25) is 4.79 Å². The van der Waals surface area contributed by atoms with Crippen molar-refractivity contribution in [2.24, 2.45) is 0 Å². The minimum atomic E-state index is -0.194. The first-order chi connectivity index (χ1) is 17.1. The van der Waals surface area contributed by atoms with E-state index in [9.17, 15) is 4.79 Å². The van der Waals surface area contributed by atoms with Crippen molar-refractivity contribution in [3.63, 3.8) is 0 Å². The van der Waals surface area contributed by atoms with Gasteiger partial charge in [-0.2, -0.15) is 9.97 Å². The maximum Gasteiger partial charge on any atom is 0.251 e. The Labute approximate surface area is 203 Å². The molecule has 1 saturated carbocycles. The number of rotatable bonds is 7. The number of ether oxygens (including phenoxy) is 2. The Morgan fingerprint density at radius 3 is 2.71 bits per heavy atom. The largest absolute Gasteiger partial charge is 0.495 e. The average molecular weight is 473 g/mol. The first kappa shape index (κ1) is 22.5. The van der Waals surface area contributed by atoms with E-state index in [4.69, 9.17) is 25.2 Å². The number of nitrogens with two attached hydrogens (primary N) is 1. The quantitative estimate of drug-likeness (QED) is 0.289. The summed E-state index contributed by atoms with van der Waals surface area (Å²) in [6.45, 7) is 0. The SMILES string of the molecule is CNC(=O)c1ccc(Nc2nc(OC3CCCC3)c3c(-c4cccc(N)c4)c[nH]c3n2)c(OC)c1. The van der Waals surface area contributed by atoms with Gasteiger partial charge in [0.25, 0.3) is 5.91 Å². The predicted octanol–water partition coefficient (Wildman–Crippen LogP) is 4.64. The number of hydrogen-bond acceptors (Lipinski definition) is 7. The van der Waals surface area contributed by atoms with Gasteiger partial charge in [0, 0.05) is 30.1 Å². The van der Waals surface area contributed by atoms with Gasteiger partial charge in [-0.25, -0.2) is 0 Å². The number of H-pyrrole nitrogens is 1. The van der Waals surface area contributed by atoms with Crippen molar-refractivity contribution in [2.45, 2.75) is 31.8 Å². The highest BCUT2D eigenvalue weighted by Crippen LogP contribution is 2.37. The maximum atomic E-state index is 12.0. The zero-order valence-corrected chi connectivity index (χ0v) is 19.7. The van der Waals surface area contributed by atoms with Gasteiger partial charge in [0.15, 0.2) is 0 Å². The molecule has 4 aromatic rings. The molecule has 0 unspecified atom stereocenters. The van der Waals surface area contributed by atoms with Crippen LogP contribution in [0, 0.1) is 0 Å². The Kier molecular flexibility index (Phi) is 6.13. The van der Waals surface area contributed by atoms with E-state index in [1.165, 1.54) is 0 Å². The minimum absolute atomic E-state index is 0.117. The Balaban J connectivity index is 1.56. The van der Waals surface area contributed by atoms with E-state index in [0.717, 1.165) is 42.2 Å². The van der Waals surface area contributed by atoms with Crippen LogP contribution in [0.3, 0.4) is 0 Å². The third kappa shape index (κ3) is 4.57. The summed E-state index contributed by atoms with van der Waals surface area (Å²) in [4.78, 5) is 24.7. The zero-order valence-electron chi connectivity index (χ0n) is 19.7. The number of aromatic amines is 1. The number of benzene rings is 2. The summed E-state index contributed by atoms with van der Waals surface area (Å²) in [7, 11) is 3.14. The number of hydrogen-bond donors (Lipinski definition) is 4. The van der Waals surface area contributed by atoms with Crippen LogP contribution in [0.25, 0.3) is 22.2 Å². The molecule has 1 aliphatic carbocycles. The molecule has 5 rings (SSSR count). The number of nitrogen functional groups attached to an aromatic ring is 1. The van der Waals surface area contributed by atoms with E-state index in [0.29, 0.717) is 40.2 Å². The molecule has 1 fully saturated rings. The molecule has 35 heavy (non-hydrogen) atoms. The van der Waals surface area contributed by atoms with E-state index in [-0.39, 0.29) is 12.0 Å². The summed E-state index contributed by atoms with van der Waals surface area (Å²) >= 11 is 0. The predicted molar refractivity (Wildman–Crippen MR) is 136 cm³/mol. The second kappa shape index (κ2) is 9.54. The number of methoxy groups -OCH3 is 1. The topological polar surface area (TPSA) is 127 Å². The summed E-state index contributed by atoms with van der Waals surface area (Å²) in [5.41, 5.74) is 10.4. The number of nitrogens with one attached hydrogen (secondary N) is 3. The molecular formula is C26H28N6O3. The lowest BCUT2D eigenvalue weighted by Gasteiger charge is -2.16. The van der Waals surface area contributed by atoms with Gasteiger partial charge in [-0.05, 0) is 61.6 Å². The van der Waals surface area contributed by atoms with Crippen LogP contribution < -0.4 is 25.8 Å². The van der Waals surface area contributed by atoms with E-state index in [2.05, 4.69) is 15.6 Å². The average Bonchev–Trinajstić information content (AvgIpc) is 3.54. The summed E-state index contributed by atoms with van der Waals surface area (Å²) in [5, 5.41) is 6.65. The molecule has 0 radical (unpaired) electrons. The monoisotopic (exact) mass is 472 g/mol. The Hall–Kier alpha value is -4.27. The van der Waals surface area contributed by atoms with Crippen molar-refractivity contribution in [3.05, 3.63) is 54.2 Å². The summed E-state index contributed by atoms with van der Waals surface area (Å²) in [6.07, 6.45) is 6.31. The molecule has 9 heteroatoms. The standard InChI is InChI=1S/C26H28N6O3/c1-28-24(33)16-10-11-20(21(13-16)34-2)30-26-31-23-22(25(32-26)35-18-8-3-4-9-18)19(14-29-23)15-6-5-7-17(27)12-15/h5-7,10-14,18H,3-4,8-9,27H2,1-2H3,(H,28,33)(H2,29,30,31,32). The lowest BCUT2D eigenvalue weighted by molar-refractivity contribution is 0.0962. The Morgan fingerprint density at radius 1 is 1.14 bits per heavy atom. The molecule has 1 aliphatic rings. The highest BCUT2D eigenvalue weighted by Gasteiger charge is 2.23. The van der Waals surface area contributed by atoms with Crippen molar-refractivity contribution in [1.82, 2.24) is 20.3 Å². The van der Waals surface area contributed by atoms with Crippen LogP contribution in [0.1, 0.15) is 36.0 Å². The molecule has 180 valence electrons. The summed E-state index contributed by atoms with van der Waals surface area (Å²) in [5.74, 6) is 1.18. The number of anilines is 3. The first-order valence-electron chi connectivity index (χ1n) is 11.6. The van der Waals surface area contributed by atoms with Crippen molar-refractivity contribution < 1.29 is 14.3 Å². The third-order valence-electron chi connectivity index (χ3n) is 6.21. The highest BCUT2D eigenvalue weighted by atomic mass is 16.5. The van der Waals surface area contributed by atoms with Crippen LogP contribution in [-0.4, -0.2) is 41.1 Å². The lowest BCUT2D eigenvalue weighted by Crippen LogP contribution is -2.17. The van der Waals surface area contributed by atoms with Gasteiger partial charge < -0.3 is 30.8 Å². The van der Waals surface area contributed by atoms with E-state index < -0.39 is 0 Å². The molecule has 9 nitrogen and oxygen atoms in total. The van der Waals surface area contributed by atoms with E-state index in [1.54, 1.807) is 32.4 Å². The smallest absolute Gasteiger partial charge is 0.251 e. The van der Waals surface area contributed by atoms with E-state index in [1.807, 2.05) is 30.5 Å². The van der Waals surface area contributed by atoms with Gasteiger partial charge in [0.05, 0.1) is 18.2 Å². The van der Waals surface area contributed by atoms with Crippen molar-refractivity contribution in [3.8, 4) is 22.8 Å². The lowest BCUT2D eigenvalue weighted by atomic mass is 10.1. The molecule has 2 aromatic carbocycles. The van der Waals surface area contributed by atoms with Crippen LogP contribution in [0.4, 0.5) is 17.3 Å². The second-order valence-corrected chi connectivity index (χ2v) is 8.55. The number of carbonyl (C=O) groups excluding carboxylic acids is 1. The number of carbonyl (C=O) groups is 1. The normalized spacial score (nSPS) is 13.7. The molecule has 0 aliphatic heterocycles. The maximum absolute atomic E-state index is 12.0. The number of fused-ring (bicyclic) bond motifs is 1. The molecule has 1 amide bonds. The van der Waals surface area contributed by atoms with Crippen LogP contribution in [0.15, 0.2) is 48.7 Å². The van der Waals surface area contributed by atoms with Gasteiger partial charge in [-0.1, -0.05) is 12.1 Å².